The van der Waals surface area contributed by atoms with Gasteiger partial charge in [-0.25, -0.2) is 0 Å². The number of nitrogens with zero attached hydrogens (tertiary/aromatic N) is 1. The molecule has 0 radical (unpaired) electrons. The largest absolute Gasteiger partial charge is 0.300 e. The van der Waals surface area contributed by atoms with Gasteiger partial charge in [0, 0.05) is 32.0 Å². The Morgan fingerprint density at radius 1 is 0.773 bits per heavy atom. The van der Waals surface area contributed by atoms with Crippen LogP contribution < -0.4 is 0 Å². The zero-order valence-corrected chi connectivity index (χ0v) is 12.9. The van der Waals surface area contributed by atoms with E-state index in [-0.39, 0.29) is 0 Å². The van der Waals surface area contributed by atoms with Crippen LogP contribution in [0.3, 0.4) is 0 Å². The van der Waals surface area contributed by atoms with Crippen molar-refractivity contribution in [1.29, 1.82) is 0 Å². The van der Waals surface area contributed by atoms with Crippen molar-refractivity contribution in [3.63, 3.8) is 0 Å². The van der Waals surface area contributed by atoms with Crippen LogP contribution in [0, 0.1) is 0 Å². The summed E-state index contributed by atoms with van der Waals surface area (Å²) in [5.41, 5.74) is 2.69. The molecular weight excluding hydrogens is 270 g/mol. The molecule has 2 nitrogen and oxygen atoms in total. The Balaban J connectivity index is 1.74. The highest BCUT2D eigenvalue weighted by molar-refractivity contribution is 5.79. The molecule has 22 heavy (non-hydrogen) atoms. The normalized spacial score (nSPS) is 16.1. The third-order valence-corrected chi connectivity index (χ3v) is 4.49. The van der Waals surface area contributed by atoms with Crippen molar-refractivity contribution in [3.8, 4) is 0 Å². The van der Waals surface area contributed by atoms with E-state index in [1.807, 2.05) is 0 Å². The molecule has 0 aliphatic heterocycles. The zero-order chi connectivity index (χ0) is 15.2. The van der Waals surface area contributed by atoms with Crippen molar-refractivity contribution in [1.82, 2.24) is 4.90 Å². The van der Waals surface area contributed by atoms with Gasteiger partial charge in [-0.15, -0.1) is 0 Å². The summed E-state index contributed by atoms with van der Waals surface area (Å²) in [6.45, 7) is 1.91. The van der Waals surface area contributed by atoms with Gasteiger partial charge < -0.3 is 0 Å². The molecule has 1 aliphatic carbocycles. The van der Waals surface area contributed by atoms with Crippen LogP contribution in [0.5, 0.6) is 0 Å². The quantitative estimate of drug-likeness (QED) is 0.823. The van der Waals surface area contributed by atoms with Gasteiger partial charge in [0.05, 0.1) is 0 Å². The maximum Gasteiger partial charge on any atom is 0.133 e. The summed E-state index contributed by atoms with van der Waals surface area (Å²) in [4.78, 5) is 14.1. The molecule has 0 saturated heterocycles. The Morgan fingerprint density at radius 2 is 1.23 bits per heavy atom. The van der Waals surface area contributed by atoms with Gasteiger partial charge in [0.2, 0.25) is 0 Å². The summed E-state index contributed by atoms with van der Waals surface area (Å²) in [5, 5.41) is 0. The number of benzene rings is 2. The van der Waals surface area contributed by atoms with Crippen molar-refractivity contribution < 1.29 is 4.79 Å². The predicted molar refractivity (Wildman–Crippen MR) is 89.4 cm³/mol. The number of ketones is 1. The summed E-state index contributed by atoms with van der Waals surface area (Å²) < 4.78 is 0. The van der Waals surface area contributed by atoms with Crippen LogP contribution in [0.4, 0.5) is 0 Å². The van der Waals surface area contributed by atoms with Gasteiger partial charge in [-0.05, 0) is 24.0 Å². The van der Waals surface area contributed by atoms with Crippen LogP contribution in [0.25, 0.3) is 0 Å². The Kier molecular flexibility index (Phi) is 5.02. The number of carbonyl (C=O) groups is 1. The number of hydrogen-bond acceptors (Lipinski definition) is 2. The summed E-state index contributed by atoms with van der Waals surface area (Å²) in [5.74, 6) is 0.427. The molecule has 0 atom stereocenters. The van der Waals surface area contributed by atoms with Gasteiger partial charge in [0.15, 0.2) is 0 Å². The molecule has 2 aromatic rings. The van der Waals surface area contributed by atoms with E-state index < -0.39 is 0 Å². The minimum atomic E-state index is 0.427. The maximum absolute atomic E-state index is 11.5. The lowest BCUT2D eigenvalue weighted by Crippen LogP contribution is -2.37. The van der Waals surface area contributed by atoms with Crippen LogP contribution in [-0.4, -0.2) is 16.7 Å². The molecule has 2 heteroatoms. The first kappa shape index (κ1) is 15.0. The lowest BCUT2D eigenvalue weighted by atomic mass is 9.92. The molecule has 0 heterocycles. The first-order chi connectivity index (χ1) is 10.8. The van der Waals surface area contributed by atoms with Crippen molar-refractivity contribution in [2.75, 3.05) is 0 Å². The molecule has 0 bridgehead atoms. The molecule has 0 aromatic heterocycles. The lowest BCUT2D eigenvalue weighted by molar-refractivity contribution is -0.121. The van der Waals surface area contributed by atoms with E-state index >= 15 is 0 Å². The molecule has 1 fully saturated rings. The second kappa shape index (κ2) is 7.37. The number of rotatable bonds is 5. The molecular formula is C20H23NO. The Morgan fingerprint density at radius 3 is 1.68 bits per heavy atom. The molecule has 0 amide bonds. The monoisotopic (exact) mass is 293 g/mol. The van der Waals surface area contributed by atoms with Crippen molar-refractivity contribution in [2.45, 2.75) is 44.8 Å². The molecule has 2 aromatic carbocycles. The van der Waals surface area contributed by atoms with Crippen LogP contribution >= 0.6 is 0 Å². The third-order valence-electron chi connectivity index (χ3n) is 4.49. The molecule has 3 rings (SSSR count). The maximum atomic E-state index is 11.5. The van der Waals surface area contributed by atoms with Crippen LogP contribution in [0.2, 0.25) is 0 Å². The zero-order valence-electron chi connectivity index (χ0n) is 12.9. The van der Waals surface area contributed by atoms with E-state index in [0.29, 0.717) is 11.8 Å². The van der Waals surface area contributed by atoms with E-state index in [4.69, 9.17) is 0 Å². The van der Waals surface area contributed by atoms with Crippen LogP contribution in [-0.2, 0) is 17.9 Å². The van der Waals surface area contributed by atoms with Crippen molar-refractivity contribution >= 4 is 5.78 Å². The Hall–Kier alpha value is -1.93. The Bertz CT molecular complexity index is 542. The van der Waals surface area contributed by atoms with Gasteiger partial charge in [0.25, 0.3) is 0 Å². The molecule has 1 saturated carbocycles. The number of hydrogen-bond donors (Lipinski definition) is 0. The van der Waals surface area contributed by atoms with E-state index in [0.717, 1.165) is 38.8 Å². The summed E-state index contributed by atoms with van der Waals surface area (Å²) in [6.07, 6.45) is 3.48. The van der Waals surface area contributed by atoms with Crippen molar-refractivity contribution in [2.24, 2.45) is 0 Å². The first-order valence-corrected chi connectivity index (χ1v) is 8.15. The highest BCUT2D eigenvalue weighted by atomic mass is 16.1. The molecule has 0 N–H and O–H groups in total. The fourth-order valence-corrected chi connectivity index (χ4v) is 3.24. The van der Waals surface area contributed by atoms with E-state index in [9.17, 15) is 4.79 Å². The van der Waals surface area contributed by atoms with Gasteiger partial charge in [-0.3, -0.25) is 9.69 Å². The number of carbonyl (C=O) groups excluding carboxylic acids is 1. The Labute approximate surface area is 132 Å². The summed E-state index contributed by atoms with van der Waals surface area (Å²) in [7, 11) is 0. The lowest BCUT2D eigenvalue weighted by Gasteiger charge is -2.34. The minimum Gasteiger partial charge on any atom is -0.300 e. The minimum absolute atomic E-state index is 0.427. The highest BCUT2D eigenvalue weighted by Crippen LogP contribution is 2.24. The molecule has 114 valence electrons. The average molecular weight is 293 g/mol. The number of Topliss-reactive ketones (excluding diaryl/α,β-unsaturated/α-hetero) is 1. The first-order valence-electron chi connectivity index (χ1n) is 8.15. The van der Waals surface area contributed by atoms with Gasteiger partial charge in [-0.2, -0.15) is 0 Å². The SMILES string of the molecule is O=[12C]1CCC(N(Cc2ccccc2)Cc2ccccc2)CC1. The van der Waals surface area contributed by atoms with E-state index in [1.54, 1.807) is 0 Å². The fraction of sp³-hybridized carbons (Fsp3) is 0.350. The van der Waals surface area contributed by atoms with Crippen molar-refractivity contribution in [3.05, 3.63) is 71.8 Å². The molecule has 0 unspecified atom stereocenters. The van der Waals surface area contributed by atoms with Crippen LogP contribution in [0.15, 0.2) is 60.7 Å². The molecule has 1 aliphatic rings. The fourth-order valence-electron chi connectivity index (χ4n) is 3.24. The predicted octanol–water partition coefficient (Wildman–Crippen LogP) is 4.20. The van der Waals surface area contributed by atoms with Gasteiger partial charge >= 0.3 is 0 Å². The van der Waals surface area contributed by atoms with E-state index in [2.05, 4.69) is 65.6 Å². The topological polar surface area (TPSA) is 20.3 Å². The smallest absolute Gasteiger partial charge is 0.133 e. The van der Waals surface area contributed by atoms with Crippen LogP contribution in [0.1, 0.15) is 36.8 Å². The van der Waals surface area contributed by atoms with Gasteiger partial charge in [0.1, 0.15) is 5.78 Å². The van der Waals surface area contributed by atoms with Gasteiger partial charge in [-0.1, -0.05) is 60.7 Å². The molecule has 0 spiro atoms. The second-order valence-corrected chi connectivity index (χ2v) is 6.15. The third kappa shape index (κ3) is 4.05. The average Bonchev–Trinajstić information content (AvgIpc) is 2.57. The summed E-state index contributed by atoms with van der Waals surface area (Å²) >= 11 is 0. The summed E-state index contributed by atoms with van der Waals surface area (Å²) in [6, 6.07) is 21.8. The van der Waals surface area contributed by atoms with E-state index in [1.165, 1.54) is 11.1 Å². The second-order valence-electron chi connectivity index (χ2n) is 6.15. The highest BCUT2D eigenvalue weighted by Gasteiger charge is 2.24. The standard InChI is InChI=1S/C20H23NO/c22-20-13-11-19(12-14-20)21(15-17-7-3-1-4-8-17)16-18-9-5-2-6-10-18/h1-10,19H,11-16H2/i20+0.